The second-order valence-electron chi connectivity index (χ2n) is 20.9. The zero-order valence-corrected chi connectivity index (χ0v) is 43.9. The number of nitrogens with zero attached hydrogens (tertiary/aromatic N) is 2. The van der Waals surface area contributed by atoms with E-state index < -0.39 is 0 Å². The van der Waals surface area contributed by atoms with E-state index in [1.54, 1.807) is 0 Å². The first-order valence-corrected chi connectivity index (χ1v) is 27.5. The third-order valence-corrected chi connectivity index (χ3v) is 16.2. The normalized spacial score (nSPS) is 11.5. The minimum Gasteiger partial charge on any atom is -0.310 e. The van der Waals surface area contributed by atoms with Crippen LogP contribution in [0.4, 0.5) is 17.1 Å². The molecule has 2 nitrogen and oxygen atoms in total. The summed E-state index contributed by atoms with van der Waals surface area (Å²) < 4.78 is 2.46. The second kappa shape index (κ2) is 19.8. The van der Waals surface area contributed by atoms with E-state index in [4.69, 9.17) is 0 Å². The number of aromatic nitrogens is 1. The fourth-order valence-electron chi connectivity index (χ4n) is 12.2. The fourth-order valence-corrected chi connectivity index (χ4v) is 12.2. The van der Waals surface area contributed by atoms with Crippen LogP contribution in [0.15, 0.2) is 315 Å². The maximum Gasteiger partial charge on any atom is 0.0553 e. The zero-order chi connectivity index (χ0) is 52.9. The summed E-state index contributed by atoms with van der Waals surface area (Å²) >= 11 is 0. The highest BCUT2D eigenvalue weighted by atomic mass is 15.1. The molecule has 0 aliphatic carbocycles. The Hall–Kier alpha value is -10.5. The summed E-state index contributed by atoms with van der Waals surface area (Å²) in [6, 6.07) is 116. The summed E-state index contributed by atoms with van der Waals surface area (Å²) in [5.41, 5.74) is 20.8. The van der Waals surface area contributed by atoms with Gasteiger partial charge in [-0.15, -0.1) is 0 Å². The van der Waals surface area contributed by atoms with Crippen LogP contribution in [0.1, 0.15) is 0 Å². The number of anilines is 3. The van der Waals surface area contributed by atoms with E-state index in [1.165, 1.54) is 98.7 Å². The molecule has 0 saturated heterocycles. The minimum absolute atomic E-state index is 1.07. The number of para-hydroxylation sites is 1. The van der Waals surface area contributed by atoms with Gasteiger partial charge in [0, 0.05) is 33.5 Å². The Morgan fingerprint density at radius 2 is 0.675 bits per heavy atom. The molecule has 0 unspecified atom stereocenters. The molecule has 0 amide bonds. The molecule has 0 bridgehead atoms. The van der Waals surface area contributed by atoms with E-state index in [1.807, 2.05) is 0 Å². The molecule has 0 aliphatic rings. The number of fused-ring (bicyclic) bond motifs is 7. The van der Waals surface area contributed by atoms with E-state index >= 15 is 0 Å². The smallest absolute Gasteiger partial charge is 0.0553 e. The lowest BCUT2D eigenvalue weighted by atomic mass is 9.93. The van der Waals surface area contributed by atoms with Crippen LogP contribution in [0, 0.1) is 0 Å². The summed E-state index contributed by atoms with van der Waals surface area (Å²) in [7, 11) is 0. The van der Waals surface area contributed by atoms with Crippen molar-refractivity contribution in [2.75, 3.05) is 4.90 Å². The van der Waals surface area contributed by atoms with Crippen LogP contribution >= 0.6 is 0 Å². The lowest BCUT2D eigenvalue weighted by Gasteiger charge is -2.26. The summed E-state index contributed by atoms with van der Waals surface area (Å²) in [6.45, 7) is 0. The van der Waals surface area contributed by atoms with Crippen LogP contribution in [0.5, 0.6) is 0 Å². The van der Waals surface area contributed by atoms with Gasteiger partial charge in [0.05, 0.1) is 11.0 Å². The summed E-state index contributed by atoms with van der Waals surface area (Å²) in [5, 5.41) is 9.98. The van der Waals surface area contributed by atoms with Gasteiger partial charge in [0.1, 0.15) is 0 Å². The largest absolute Gasteiger partial charge is 0.310 e. The molecule has 0 spiro atoms. The third kappa shape index (κ3) is 8.39. The van der Waals surface area contributed by atoms with Crippen molar-refractivity contribution in [2.24, 2.45) is 0 Å². The van der Waals surface area contributed by atoms with Crippen molar-refractivity contribution in [3.63, 3.8) is 0 Å². The van der Waals surface area contributed by atoms with Crippen molar-refractivity contribution >= 4 is 71.2 Å². The topological polar surface area (TPSA) is 8.17 Å². The minimum atomic E-state index is 1.07. The van der Waals surface area contributed by atoms with Crippen molar-refractivity contribution in [2.45, 2.75) is 0 Å². The molecule has 15 rings (SSSR count). The van der Waals surface area contributed by atoms with Crippen LogP contribution in [0.25, 0.3) is 127 Å². The highest BCUT2D eigenvalue weighted by Crippen LogP contribution is 2.45. The first kappa shape index (κ1) is 46.7. The summed E-state index contributed by atoms with van der Waals surface area (Å²) in [4.78, 5) is 2.41. The molecule has 1 aromatic heterocycles. The Kier molecular flexibility index (Phi) is 11.6. The van der Waals surface area contributed by atoms with Crippen molar-refractivity contribution in [3.8, 4) is 72.4 Å². The number of rotatable bonds is 10. The first-order valence-electron chi connectivity index (χ1n) is 27.5. The van der Waals surface area contributed by atoms with E-state index in [9.17, 15) is 0 Å². The van der Waals surface area contributed by atoms with Crippen molar-refractivity contribution in [1.29, 1.82) is 0 Å². The Balaban J connectivity index is 0.875. The van der Waals surface area contributed by atoms with Crippen LogP contribution < -0.4 is 4.90 Å². The third-order valence-electron chi connectivity index (χ3n) is 16.2. The maximum absolute atomic E-state index is 2.46. The van der Waals surface area contributed by atoms with Crippen molar-refractivity contribution in [3.05, 3.63) is 315 Å². The Morgan fingerprint density at radius 3 is 1.38 bits per heavy atom. The standard InChI is InChI=1S/C78H52N2/c1-4-16-53(17-5-1)62-41-47-74-76(51-62)80(66-24-8-3-9-25-66)77-52-65(54-18-6-2-7-19-54)50-75(78(74)77)63-23-14-26-69(49-63)79(68-44-38-57(39-45-68)61-40-46-73-64(48-61)35-34-59-21-11-13-28-71(59)73)67-42-36-56(37-43-67)55-30-32-60(33-31-55)72-29-15-22-58-20-10-12-27-70(58)72/h1-52H. The molecule has 0 aliphatic heterocycles. The zero-order valence-electron chi connectivity index (χ0n) is 43.9. The van der Waals surface area contributed by atoms with Gasteiger partial charge < -0.3 is 9.47 Å². The van der Waals surface area contributed by atoms with E-state index in [0.717, 1.165) is 45.0 Å². The highest BCUT2D eigenvalue weighted by Gasteiger charge is 2.21. The monoisotopic (exact) mass is 1020 g/mol. The van der Waals surface area contributed by atoms with Gasteiger partial charge in [0.15, 0.2) is 0 Å². The predicted octanol–water partition coefficient (Wildman–Crippen LogP) is 21.7. The van der Waals surface area contributed by atoms with Gasteiger partial charge in [0.25, 0.3) is 0 Å². The predicted molar refractivity (Wildman–Crippen MR) is 341 cm³/mol. The quantitative estimate of drug-likeness (QED) is 0.124. The van der Waals surface area contributed by atoms with Crippen LogP contribution in [0.3, 0.4) is 0 Å². The van der Waals surface area contributed by atoms with E-state index in [0.29, 0.717) is 0 Å². The average molecular weight is 1020 g/mol. The molecule has 374 valence electrons. The van der Waals surface area contributed by atoms with Crippen LogP contribution in [-0.4, -0.2) is 4.57 Å². The van der Waals surface area contributed by atoms with Gasteiger partial charge >= 0.3 is 0 Å². The van der Waals surface area contributed by atoms with Gasteiger partial charge in [-0.25, -0.2) is 0 Å². The maximum atomic E-state index is 2.46. The van der Waals surface area contributed by atoms with Gasteiger partial charge in [-0.1, -0.05) is 243 Å². The van der Waals surface area contributed by atoms with Gasteiger partial charge in [-0.05, 0) is 172 Å². The van der Waals surface area contributed by atoms with Gasteiger partial charge in [-0.3, -0.25) is 0 Å². The summed E-state index contributed by atoms with van der Waals surface area (Å²) in [5.74, 6) is 0. The van der Waals surface area contributed by atoms with E-state index in [2.05, 4.69) is 325 Å². The Labute approximate surface area is 466 Å². The summed E-state index contributed by atoms with van der Waals surface area (Å²) in [6.07, 6.45) is 0. The van der Waals surface area contributed by atoms with Crippen molar-refractivity contribution in [1.82, 2.24) is 4.57 Å². The number of hydrogen-bond donors (Lipinski definition) is 0. The lowest BCUT2D eigenvalue weighted by molar-refractivity contribution is 1.18. The second-order valence-corrected chi connectivity index (χ2v) is 20.9. The molecule has 1 heterocycles. The molecular weight excluding hydrogens is 965 g/mol. The number of hydrogen-bond acceptors (Lipinski definition) is 1. The SMILES string of the molecule is c1ccc(-c2ccc3c4c(-c5cccc(N(c6ccc(-c7ccc(-c8cccc9ccccc89)cc7)cc6)c6ccc(-c7ccc8c(ccc9ccccc98)c7)cc6)c5)cc(-c5ccccc5)cc4n(-c4ccccc4)c3c2)cc1. The molecule has 0 atom stereocenters. The van der Waals surface area contributed by atoms with Gasteiger partial charge in [-0.2, -0.15) is 0 Å². The molecular formula is C78H52N2. The molecule has 2 heteroatoms. The molecule has 0 N–H and O–H groups in total. The highest BCUT2D eigenvalue weighted by molar-refractivity contribution is 6.18. The van der Waals surface area contributed by atoms with Crippen LogP contribution in [0.2, 0.25) is 0 Å². The van der Waals surface area contributed by atoms with Gasteiger partial charge in [0.2, 0.25) is 0 Å². The lowest BCUT2D eigenvalue weighted by Crippen LogP contribution is -2.10. The molecule has 15 aromatic rings. The molecule has 0 radical (unpaired) electrons. The molecule has 80 heavy (non-hydrogen) atoms. The average Bonchev–Trinajstić information content (AvgIpc) is 4.01. The molecule has 14 aromatic carbocycles. The Morgan fingerprint density at radius 1 is 0.212 bits per heavy atom. The number of benzene rings is 14. The Bertz CT molecular complexity index is 4770. The van der Waals surface area contributed by atoms with E-state index in [-0.39, 0.29) is 0 Å². The van der Waals surface area contributed by atoms with Crippen molar-refractivity contribution < 1.29 is 0 Å². The molecule has 0 saturated carbocycles. The molecule has 0 fully saturated rings. The fraction of sp³-hybridized carbons (Fsp3) is 0. The van der Waals surface area contributed by atoms with Crippen LogP contribution in [-0.2, 0) is 0 Å². The first-order chi connectivity index (χ1) is 39.6.